The third kappa shape index (κ3) is 5.65. The molecular formula is C7H15N3O3S. The fraction of sp³-hybridized carbons (Fsp3) is 0.714. The van der Waals surface area contributed by atoms with Gasteiger partial charge in [-0.2, -0.15) is 12.6 Å². The van der Waals surface area contributed by atoms with Gasteiger partial charge in [0, 0.05) is 18.8 Å². The number of rotatable bonds is 5. The average molecular weight is 221 g/mol. The number of amides is 2. The molecule has 0 aliphatic heterocycles. The molecule has 0 heterocycles. The largest absolute Gasteiger partial charge is 0.453 e. The van der Waals surface area contributed by atoms with Crippen LogP contribution in [-0.2, 0) is 9.53 Å². The van der Waals surface area contributed by atoms with Crippen LogP contribution in [0.2, 0.25) is 0 Å². The number of hydrogen-bond donors (Lipinski definition) is 4. The molecule has 0 aromatic rings. The van der Waals surface area contributed by atoms with Crippen LogP contribution < -0.4 is 16.4 Å². The van der Waals surface area contributed by atoms with Crippen LogP contribution in [0.3, 0.4) is 0 Å². The van der Waals surface area contributed by atoms with E-state index in [0.29, 0.717) is 13.1 Å². The lowest BCUT2D eigenvalue weighted by Gasteiger charge is -2.09. The fourth-order valence-corrected chi connectivity index (χ4v) is 0.802. The molecule has 2 amide bonds. The predicted octanol–water partition coefficient (Wildman–Crippen LogP) is -1.28. The molecule has 82 valence electrons. The summed E-state index contributed by atoms with van der Waals surface area (Å²) < 4.78 is 4.33. The van der Waals surface area contributed by atoms with Gasteiger partial charge in [-0.25, -0.2) is 4.79 Å². The first-order chi connectivity index (χ1) is 6.61. The van der Waals surface area contributed by atoms with E-state index in [-0.39, 0.29) is 11.7 Å². The Morgan fingerprint density at radius 3 is 2.50 bits per heavy atom. The molecule has 0 rings (SSSR count). The van der Waals surface area contributed by atoms with Crippen LogP contribution in [-0.4, -0.2) is 44.0 Å². The maximum Gasteiger partial charge on any atom is 0.406 e. The summed E-state index contributed by atoms with van der Waals surface area (Å²) in [5.41, 5.74) is 5.38. The molecule has 0 spiro atoms. The molecule has 1 atom stereocenters. The van der Waals surface area contributed by atoms with Crippen molar-refractivity contribution in [2.24, 2.45) is 5.73 Å². The number of carbonyl (C=O) groups is 2. The minimum atomic E-state index is -0.614. The van der Waals surface area contributed by atoms with E-state index in [1.807, 2.05) is 0 Å². The standard InChI is InChI=1S/C7H15N3O3S/c1-13-7(12)10-3-2-9-6(11)5(8)4-14/h5,14H,2-4,8H2,1H3,(H,9,11)(H,10,12)/t5-/m0/s1. The Hall–Kier alpha value is -0.950. The van der Waals surface area contributed by atoms with Crippen molar-refractivity contribution in [3.05, 3.63) is 0 Å². The molecule has 4 N–H and O–H groups in total. The SMILES string of the molecule is COC(=O)NCCNC(=O)[C@@H](N)CS. The molecule has 0 aliphatic rings. The van der Waals surface area contributed by atoms with E-state index >= 15 is 0 Å². The van der Waals surface area contributed by atoms with Crippen molar-refractivity contribution in [1.82, 2.24) is 10.6 Å². The number of ether oxygens (including phenoxy) is 1. The van der Waals surface area contributed by atoms with Gasteiger partial charge in [-0.15, -0.1) is 0 Å². The fourth-order valence-electron chi connectivity index (χ4n) is 0.636. The summed E-state index contributed by atoms with van der Waals surface area (Å²) in [5, 5.41) is 4.94. The first kappa shape index (κ1) is 13.1. The number of alkyl carbamates (subject to hydrolysis) is 1. The lowest BCUT2D eigenvalue weighted by molar-refractivity contribution is -0.121. The van der Waals surface area contributed by atoms with E-state index < -0.39 is 12.1 Å². The van der Waals surface area contributed by atoms with Crippen molar-refractivity contribution in [2.45, 2.75) is 6.04 Å². The van der Waals surface area contributed by atoms with E-state index in [1.165, 1.54) is 7.11 Å². The minimum Gasteiger partial charge on any atom is -0.453 e. The highest BCUT2D eigenvalue weighted by Gasteiger charge is 2.09. The van der Waals surface area contributed by atoms with Crippen LogP contribution in [0.25, 0.3) is 0 Å². The van der Waals surface area contributed by atoms with Crippen molar-refractivity contribution in [3.63, 3.8) is 0 Å². The Morgan fingerprint density at radius 2 is 2.00 bits per heavy atom. The Morgan fingerprint density at radius 1 is 1.43 bits per heavy atom. The zero-order chi connectivity index (χ0) is 11.0. The number of hydrogen-bond acceptors (Lipinski definition) is 5. The van der Waals surface area contributed by atoms with Gasteiger partial charge in [0.05, 0.1) is 13.2 Å². The van der Waals surface area contributed by atoms with Crippen molar-refractivity contribution in [3.8, 4) is 0 Å². The van der Waals surface area contributed by atoms with Gasteiger partial charge in [0.15, 0.2) is 0 Å². The molecule has 0 radical (unpaired) electrons. The molecule has 0 saturated carbocycles. The lowest BCUT2D eigenvalue weighted by Crippen LogP contribution is -2.44. The van der Waals surface area contributed by atoms with E-state index in [4.69, 9.17) is 5.73 Å². The summed E-state index contributed by atoms with van der Waals surface area (Å²) >= 11 is 3.87. The van der Waals surface area contributed by atoms with Gasteiger partial charge < -0.3 is 21.1 Å². The maximum absolute atomic E-state index is 11.1. The van der Waals surface area contributed by atoms with Crippen LogP contribution in [0.1, 0.15) is 0 Å². The molecule has 0 unspecified atom stereocenters. The zero-order valence-corrected chi connectivity index (χ0v) is 8.84. The Balaban J connectivity index is 3.45. The molecule has 0 fully saturated rings. The van der Waals surface area contributed by atoms with Crippen LogP contribution in [0, 0.1) is 0 Å². The Kier molecular flexibility index (Phi) is 6.95. The van der Waals surface area contributed by atoms with Crippen LogP contribution >= 0.6 is 12.6 Å². The smallest absolute Gasteiger partial charge is 0.406 e. The number of nitrogens with one attached hydrogen (secondary N) is 2. The quantitative estimate of drug-likeness (QED) is 0.343. The van der Waals surface area contributed by atoms with Gasteiger partial charge in [0.2, 0.25) is 5.91 Å². The van der Waals surface area contributed by atoms with E-state index in [1.54, 1.807) is 0 Å². The first-order valence-electron chi connectivity index (χ1n) is 4.07. The molecule has 0 saturated heterocycles. The van der Waals surface area contributed by atoms with Gasteiger partial charge in [-0.1, -0.05) is 0 Å². The summed E-state index contributed by atoms with van der Waals surface area (Å²) in [5.74, 6) is 0.00247. The molecule has 7 heteroatoms. The molecular weight excluding hydrogens is 206 g/mol. The van der Waals surface area contributed by atoms with Gasteiger partial charge in [-0.3, -0.25) is 4.79 Å². The molecule has 6 nitrogen and oxygen atoms in total. The predicted molar refractivity (Wildman–Crippen MR) is 55.2 cm³/mol. The number of thiol groups is 1. The van der Waals surface area contributed by atoms with Crippen molar-refractivity contribution >= 4 is 24.6 Å². The van der Waals surface area contributed by atoms with Crippen molar-refractivity contribution in [1.29, 1.82) is 0 Å². The number of methoxy groups -OCH3 is 1. The summed E-state index contributed by atoms with van der Waals surface area (Å²) in [4.78, 5) is 21.6. The highest BCUT2D eigenvalue weighted by Crippen LogP contribution is 1.82. The van der Waals surface area contributed by atoms with E-state index in [9.17, 15) is 9.59 Å². The summed E-state index contributed by atoms with van der Waals surface area (Å²) in [7, 11) is 1.27. The first-order valence-corrected chi connectivity index (χ1v) is 4.71. The van der Waals surface area contributed by atoms with E-state index in [0.717, 1.165) is 0 Å². The highest BCUT2D eigenvalue weighted by atomic mass is 32.1. The summed E-state index contributed by atoms with van der Waals surface area (Å²) in [6.45, 7) is 0.618. The Labute approximate surface area is 88.0 Å². The third-order valence-corrected chi connectivity index (χ3v) is 1.81. The van der Waals surface area contributed by atoms with Crippen LogP contribution in [0.15, 0.2) is 0 Å². The average Bonchev–Trinajstić information content (AvgIpc) is 2.22. The zero-order valence-electron chi connectivity index (χ0n) is 7.95. The van der Waals surface area contributed by atoms with Crippen molar-refractivity contribution < 1.29 is 14.3 Å². The minimum absolute atomic E-state index is 0.285. The van der Waals surface area contributed by atoms with Gasteiger partial charge in [0.25, 0.3) is 0 Å². The highest BCUT2D eigenvalue weighted by molar-refractivity contribution is 7.80. The molecule has 0 aliphatic carbocycles. The van der Waals surface area contributed by atoms with Crippen LogP contribution in [0.4, 0.5) is 4.79 Å². The monoisotopic (exact) mass is 221 g/mol. The number of nitrogens with two attached hydrogens (primary N) is 1. The Bertz CT molecular complexity index is 201. The maximum atomic E-state index is 11.1. The second kappa shape index (κ2) is 7.45. The number of carbonyl (C=O) groups excluding carboxylic acids is 2. The third-order valence-electron chi connectivity index (χ3n) is 1.41. The van der Waals surface area contributed by atoms with Gasteiger partial charge in [0.1, 0.15) is 0 Å². The summed E-state index contributed by atoms with van der Waals surface area (Å²) in [6, 6.07) is -0.614. The van der Waals surface area contributed by atoms with Gasteiger partial charge in [-0.05, 0) is 0 Å². The topological polar surface area (TPSA) is 93.5 Å². The molecule has 0 aromatic heterocycles. The normalized spacial score (nSPS) is 11.6. The molecule has 14 heavy (non-hydrogen) atoms. The van der Waals surface area contributed by atoms with Gasteiger partial charge >= 0.3 is 6.09 Å². The van der Waals surface area contributed by atoms with Crippen LogP contribution in [0.5, 0.6) is 0 Å². The van der Waals surface area contributed by atoms with E-state index in [2.05, 4.69) is 28.0 Å². The summed E-state index contributed by atoms with van der Waals surface area (Å²) in [6.07, 6.45) is -0.530. The second-order valence-corrected chi connectivity index (χ2v) is 2.86. The van der Waals surface area contributed by atoms with Crippen molar-refractivity contribution in [2.75, 3.05) is 26.0 Å². The molecule has 0 bridgehead atoms. The lowest BCUT2D eigenvalue weighted by atomic mass is 10.3. The second-order valence-electron chi connectivity index (χ2n) is 2.50. The molecule has 0 aromatic carbocycles.